The van der Waals surface area contributed by atoms with Crippen LogP contribution in [0.1, 0.15) is 25.8 Å². The molecule has 1 heterocycles. The number of methoxy groups -OCH3 is 1. The number of aliphatic hydroxyl groups is 3. The van der Waals surface area contributed by atoms with Gasteiger partial charge in [-0.05, 0) is 31.5 Å². The summed E-state index contributed by atoms with van der Waals surface area (Å²) in [6, 6.07) is 3.89. The third-order valence-electron chi connectivity index (χ3n) is 6.27. The molecule has 2 aliphatic rings. The number of fused-ring (bicyclic) bond motifs is 1. The van der Waals surface area contributed by atoms with Gasteiger partial charge < -0.3 is 45.3 Å². The van der Waals surface area contributed by atoms with Crippen LogP contribution in [0.2, 0.25) is 0 Å². The molecule has 0 aromatic heterocycles. The van der Waals surface area contributed by atoms with E-state index in [0.29, 0.717) is 11.3 Å². The number of benzene rings is 1. The molecule has 1 aliphatic heterocycles. The number of nitrogens with one attached hydrogen (secondary N) is 2. The molecule has 1 unspecified atom stereocenters. The minimum absolute atomic E-state index is 0.0978. The molecule has 36 heavy (non-hydrogen) atoms. The smallest absolute Gasteiger partial charge is 0.408 e. The number of carbonyl (C=O) groups is 4. The zero-order chi connectivity index (χ0) is 26.8. The number of hydrogen-bond donors (Lipinski definition) is 6. The van der Waals surface area contributed by atoms with Crippen molar-refractivity contribution >= 4 is 23.9 Å². The van der Waals surface area contributed by atoms with Crippen molar-refractivity contribution in [3.8, 4) is 5.75 Å². The number of esters is 1. The van der Waals surface area contributed by atoms with Crippen LogP contribution >= 0.6 is 0 Å². The summed E-state index contributed by atoms with van der Waals surface area (Å²) in [5.74, 6) is -5.16. The van der Waals surface area contributed by atoms with Crippen LogP contribution < -0.4 is 15.4 Å². The molecule has 6 atom stereocenters. The van der Waals surface area contributed by atoms with E-state index in [-0.39, 0.29) is 6.61 Å². The SMILES string of the molecule is COc1ccc(COC(=O)NC(C)C(=O)N[C@@H]2[C@H]3C(=C(O)C[C@@H](O)[C@@H]3O)C(=O)O[C@]2(C)C(=O)O)cc1. The van der Waals surface area contributed by atoms with E-state index < -0.39 is 77.5 Å². The number of alkyl carbamates (subject to hydrolysis) is 1. The van der Waals surface area contributed by atoms with Gasteiger partial charge in [-0.1, -0.05) is 12.1 Å². The Morgan fingerprint density at radius 2 is 1.86 bits per heavy atom. The largest absolute Gasteiger partial charge is 0.512 e. The predicted octanol–water partition coefficient (Wildman–Crippen LogP) is -0.251. The van der Waals surface area contributed by atoms with Crippen molar-refractivity contribution in [3.05, 3.63) is 41.2 Å². The number of carboxylic acids is 1. The van der Waals surface area contributed by atoms with Gasteiger partial charge in [-0.3, -0.25) is 4.79 Å². The number of amides is 2. The fourth-order valence-corrected chi connectivity index (χ4v) is 4.14. The first-order valence-electron chi connectivity index (χ1n) is 11.0. The van der Waals surface area contributed by atoms with E-state index in [0.717, 1.165) is 6.92 Å². The van der Waals surface area contributed by atoms with E-state index in [4.69, 9.17) is 14.2 Å². The minimum atomic E-state index is -2.35. The standard InChI is InChI=1S/C23H28N2O11/c1-10(24-22(33)35-9-11-4-6-12(34-3)7-5-11)19(29)25-18-16-15(13(26)8-14(27)17(16)28)20(30)36-23(18,2)21(31)32/h4-7,10,14,16-18,26-28H,8-9H2,1-3H3,(H,24,33)(H,25,29)(H,31,32)/t10?,14-,16+,17+,18-,23+/m1/s1. The van der Waals surface area contributed by atoms with Gasteiger partial charge >= 0.3 is 18.0 Å². The van der Waals surface area contributed by atoms with Gasteiger partial charge in [-0.2, -0.15) is 0 Å². The van der Waals surface area contributed by atoms with Gasteiger partial charge in [0.25, 0.3) is 0 Å². The normalized spacial score (nSPS) is 28.3. The Morgan fingerprint density at radius 3 is 2.44 bits per heavy atom. The highest BCUT2D eigenvalue weighted by atomic mass is 16.6. The molecule has 1 saturated heterocycles. The molecule has 13 heteroatoms. The van der Waals surface area contributed by atoms with Gasteiger partial charge in [-0.15, -0.1) is 0 Å². The molecule has 1 aromatic carbocycles. The third kappa shape index (κ3) is 5.21. The lowest BCUT2D eigenvalue weighted by molar-refractivity contribution is -0.191. The van der Waals surface area contributed by atoms with Gasteiger partial charge in [-0.25, -0.2) is 14.4 Å². The summed E-state index contributed by atoms with van der Waals surface area (Å²) in [7, 11) is 1.51. The Kier molecular flexibility index (Phi) is 7.74. The highest BCUT2D eigenvalue weighted by Crippen LogP contribution is 2.42. The maximum atomic E-state index is 12.9. The van der Waals surface area contributed by atoms with E-state index in [1.54, 1.807) is 24.3 Å². The van der Waals surface area contributed by atoms with Crippen LogP contribution in [0.15, 0.2) is 35.6 Å². The molecular formula is C23H28N2O11. The summed E-state index contributed by atoms with van der Waals surface area (Å²) in [6.07, 6.45) is -4.60. The monoisotopic (exact) mass is 508 g/mol. The minimum Gasteiger partial charge on any atom is -0.512 e. The van der Waals surface area contributed by atoms with Gasteiger partial charge in [0.1, 0.15) is 24.2 Å². The first kappa shape index (κ1) is 26.8. The molecular weight excluding hydrogens is 480 g/mol. The zero-order valence-electron chi connectivity index (χ0n) is 19.8. The summed E-state index contributed by atoms with van der Waals surface area (Å²) < 4.78 is 15.2. The van der Waals surface area contributed by atoms with Gasteiger partial charge in [0.15, 0.2) is 0 Å². The van der Waals surface area contributed by atoms with Crippen molar-refractivity contribution < 1.29 is 53.8 Å². The van der Waals surface area contributed by atoms with Crippen molar-refractivity contribution in [1.82, 2.24) is 10.6 Å². The molecule has 13 nitrogen and oxygen atoms in total. The van der Waals surface area contributed by atoms with E-state index in [9.17, 15) is 39.6 Å². The Morgan fingerprint density at radius 1 is 1.22 bits per heavy atom. The number of aliphatic hydroxyl groups excluding tert-OH is 3. The highest BCUT2D eigenvalue weighted by Gasteiger charge is 2.60. The van der Waals surface area contributed by atoms with Crippen LogP contribution in [-0.4, -0.2) is 81.4 Å². The Balaban J connectivity index is 1.72. The molecule has 6 N–H and O–H groups in total. The molecule has 0 radical (unpaired) electrons. The highest BCUT2D eigenvalue weighted by molar-refractivity contribution is 5.96. The first-order valence-corrected chi connectivity index (χ1v) is 11.0. The van der Waals surface area contributed by atoms with Crippen LogP contribution in [0.25, 0.3) is 0 Å². The van der Waals surface area contributed by atoms with E-state index in [1.165, 1.54) is 14.0 Å². The maximum Gasteiger partial charge on any atom is 0.408 e. The molecule has 2 amide bonds. The first-order chi connectivity index (χ1) is 16.9. The number of aliphatic carboxylic acids is 1. The van der Waals surface area contributed by atoms with E-state index in [2.05, 4.69) is 10.6 Å². The fourth-order valence-electron chi connectivity index (χ4n) is 4.14. The molecule has 3 rings (SSSR count). The molecule has 1 aromatic rings. The average Bonchev–Trinajstić information content (AvgIpc) is 2.82. The fraction of sp³-hybridized carbons (Fsp3) is 0.478. The van der Waals surface area contributed by atoms with Crippen molar-refractivity contribution in [3.63, 3.8) is 0 Å². The summed E-state index contributed by atoms with van der Waals surface area (Å²) in [6.45, 7) is 2.22. The predicted molar refractivity (Wildman–Crippen MR) is 120 cm³/mol. The van der Waals surface area contributed by atoms with Gasteiger partial charge in [0.2, 0.25) is 11.5 Å². The second kappa shape index (κ2) is 10.4. The van der Waals surface area contributed by atoms with Crippen molar-refractivity contribution in [1.29, 1.82) is 0 Å². The van der Waals surface area contributed by atoms with Crippen molar-refractivity contribution in [2.24, 2.45) is 5.92 Å². The Bertz CT molecular complexity index is 1070. The van der Waals surface area contributed by atoms with Crippen LogP contribution in [-0.2, 0) is 30.5 Å². The number of cyclic esters (lactones) is 1. The van der Waals surface area contributed by atoms with Crippen LogP contribution in [0.3, 0.4) is 0 Å². The van der Waals surface area contributed by atoms with Crippen molar-refractivity contribution in [2.75, 3.05) is 7.11 Å². The lowest BCUT2D eigenvalue weighted by Crippen LogP contribution is -2.69. The molecule has 196 valence electrons. The Hall–Kier alpha value is -3.84. The maximum absolute atomic E-state index is 12.9. The molecule has 1 aliphatic carbocycles. The quantitative estimate of drug-likeness (QED) is 0.265. The Labute approximate surface area is 205 Å². The summed E-state index contributed by atoms with van der Waals surface area (Å²) in [5, 5.41) is 45.3. The molecule has 0 saturated carbocycles. The number of ether oxygens (including phenoxy) is 3. The lowest BCUT2D eigenvalue weighted by Gasteiger charge is -2.47. The van der Waals surface area contributed by atoms with Gasteiger partial charge in [0, 0.05) is 12.3 Å². The van der Waals surface area contributed by atoms with Gasteiger partial charge in [0.05, 0.1) is 30.9 Å². The number of carboxylic acid groups (broad SMARTS) is 1. The van der Waals surface area contributed by atoms with Crippen molar-refractivity contribution in [2.45, 2.75) is 56.8 Å². The second-order valence-corrected chi connectivity index (χ2v) is 8.73. The summed E-state index contributed by atoms with van der Waals surface area (Å²) in [4.78, 5) is 49.5. The number of rotatable bonds is 7. The zero-order valence-corrected chi connectivity index (χ0v) is 19.8. The average molecular weight is 508 g/mol. The van der Waals surface area contributed by atoms with Crippen LogP contribution in [0.5, 0.6) is 5.75 Å². The topological polar surface area (TPSA) is 201 Å². The van der Waals surface area contributed by atoms with E-state index >= 15 is 0 Å². The van der Waals surface area contributed by atoms with Crippen LogP contribution in [0, 0.1) is 5.92 Å². The molecule has 0 bridgehead atoms. The second-order valence-electron chi connectivity index (χ2n) is 8.73. The molecule has 0 spiro atoms. The number of carbonyl (C=O) groups excluding carboxylic acids is 3. The van der Waals surface area contributed by atoms with E-state index in [1.807, 2.05) is 0 Å². The van der Waals surface area contributed by atoms with Crippen LogP contribution in [0.4, 0.5) is 4.79 Å². The molecule has 1 fully saturated rings. The summed E-state index contributed by atoms with van der Waals surface area (Å²) >= 11 is 0. The summed E-state index contributed by atoms with van der Waals surface area (Å²) in [5.41, 5.74) is -2.13. The third-order valence-corrected chi connectivity index (χ3v) is 6.27. The lowest BCUT2D eigenvalue weighted by atomic mass is 9.70. The number of hydrogen-bond acceptors (Lipinski definition) is 10.